The maximum atomic E-state index is 9.39. The molecule has 1 nitrogen and oxygen atoms in total. The smallest absolute Gasteiger partial charge is 0.200 e. The fourth-order valence-electron chi connectivity index (χ4n) is 5.66. The van der Waals surface area contributed by atoms with Crippen molar-refractivity contribution in [3.63, 3.8) is 0 Å². The van der Waals surface area contributed by atoms with Gasteiger partial charge in [0.05, 0.1) is 10.8 Å². The van der Waals surface area contributed by atoms with E-state index in [1.54, 1.807) is 17.4 Å². The van der Waals surface area contributed by atoms with Gasteiger partial charge in [0, 0.05) is 31.9 Å². The number of hydrogen-bond donors (Lipinski definition) is 0. The van der Waals surface area contributed by atoms with Gasteiger partial charge in [0.15, 0.2) is 6.20 Å². The Bertz CT molecular complexity index is 1680. The van der Waals surface area contributed by atoms with Crippen molar-refractivity contribution < 1.29 is 10.1 Å². The van der Waals surface area contributed by atoms with Crippen molar-refractivity contribution in [2.24, 2.45) is 12.5 Å². The van der Waals surface area contributed by atoms with Crippen molar-refractivity contribution in [3.8, 4) is 0 Å². The molecule has 162 valence electrons. The van der Waals surface area contributed by atoms with Crippen LogP contribution in [0.15, 0.2) is 48.7 Å². The van der Waals surface area contributed by atoms with Crippen LogP contribution < -0.4 is 4.57 Å². The molecule has 3 aromatic carbocycles. The van der Waals surface area contributed by atoms with Gasteiger partial charge in [-0.3, -0.25) is 0 Å². The van der Waals surface area contributed by atoms with Crippen molar-refractivity contribution >= 4 is 53.9 Å². The van der Waals surface area contributed by atoms with Gasteiger partial charge in [0.1, 0.15) is 7.05 Å². The quantitative estimate of drug-likeness (QED) is 0.181. The molecule has 6 rings (SSSR count). The number of hydrogen-bond acceptors (Lipinski definition) is 1. The predicted octanol–water partition coefficient (Wildman–Crippen LogP) is 8.49. The highest BCUT2D eigenvalue weighted by molar-refractivity contribution is 7.19. The van der Waals surface area contributed by atoms with Crippen LogP contribution in [-0.4, -0.2) is 0 Å². The molecule has 5 aromatic rings. The van der Waals surface area contributed by atoms with Crippen molar-refractivity contribution in [1.29, 1.82) is 0 Å². The largest absolute Gasteiger partial charge is 0.221 e. The van der Waals surface area contributed by atoms with Crippen molar-refractivity contribution in [2.45, 2.75) is 59.2 Å². The second-order valence-electron chi connectivity index (χ2n) is 10.3. The number of pyridine rings is 1. The fraction of sp³-hybridized carbons (Fsp3) is 0.367. The standard InChI is InChI=1S/C30H32NS/c1-18-7-6-8-21-22-9-10-24-23(17-25(32-24)20-11-14-30(3,4)15-12-20)28(22)27-19(2)13-16-31(5)29(27)26(18)21/h6-10,13,16-17,20H,11-12,14-15H2,1-5H3/q+1/i2D3,20D. The summed E-state index contributed by atoms with van der Waals surface area (Å²) in [6.07, 6.45) is 5.71. The second-order valence-corrected chi connectivity index (χ2v) is 11.4. The SMILES string of the molecule is [2H]C([2H])([2H])c1cc[n+](C)c2c3c(C)cccc3c3ccc4sc(C5([2H])CCC(C)(C)CC5)cc4c3c12. The molecule has 0 aliphatic heterocycles. The van der Waals surface area contributed by atoms with Crippen LogP contribution in [0.4, 0.5) is 0 Å². The molecule has 0 atom stereocenters. The first kappa shape index (κ1) is 16.2. The van der Waals surface area contributed by atoms with Crippen LogP contribution in [0.2, 0.25) is 0 Å². The summed E-state index contributed by atoms with van der Waals surface area (Å²) in [7, 11) is 2.01. The van der Waals surface area contributed by atoms with Crippen LogP contribution in [0.5, 0.6) is 0 Å². The summed E-state index contributed by atoms with van der Waals surface area (Å²) < 4.78 is 37.8. The lowest BCUT2D eigenvalue weighted by Gasteiger charge is -2.33. The Morgan fingerprint density at radius 1 is 0.969 bits per heavy atom. The van der Waals surface area contributed by atoms with Gasteiger partial charge in [-0.2, -0.15) is 0 Å². The van der Waals surface area contributed by atoms with Gasteiger partial charge in [-0.05, 0) is 84.8 Å². The molecule has 1 saturated carbocycles. The maximum absolute atomic E-state index is 9.39. The van der Waals surface area contributed by atoms with E-state index in [2.05, 4.69) is 61.7 Å². The number of aryl methyl sites for hydroxylation is 3. The van der Waals surface area contributed by atoms with Crippen LogP contribution in [0.1, 0.15) is 66.9 Å². The molecule has 2 heterocycles. The second kappa shape index (κ2) is 7.02. The Labute approximate surface area is 200 Å². The molecule has 0 radical (unpaired) electrons. The van der Waals surface area contributed by atoms with E-state index in [-0.39, 0.29) is 0 Å². The molecule has 0 spiro atoms. The Hall–Kier alpha value is -2.45. The molecular weight excluding hydrogens is 406 g/mol. The molecule has 2 heteroatoms. The van der Waals surface area contributed by atoms with Crippen LogP contribution in [0.25, 0.3) is 42.5 Å². The highest BCUT2D eigenvalue weighted by Gasteiger charge is 2.29. The Morgan fingerprint density at radius 2 is 1.75 bits per heavy atom. The Balaban J connectivity index is 1.78. The third-order valence-corrected chi connectivity index (χ3v) is 8.83. The van der Waals surface area contributed by atoms with Gasteiger partial charge in [0.25, 0.3) is 0 Å². The third-order valence-electron chi connectivity index (χ3n) is 7.63. The van der Waals surface area contributed by atoms with E-state index in [0.717, 1.165) is 78.7 Å². The molecule has 1 fully saturated rings. The zero-order chi connectivity index (χ0) is 25.6. The minimum absolute atomic E-state index is 0.296. The molecule has 1 aliphatic rings. The number of rotatable bonds is 1. The van der Waals surface area contributed by atoms with Crippen LogP contribution in [0, 0.1) is 19.2 Å². The molecule has 0 unspecified atom stereocenters. The lowest BCUT2D eigenvalue weighted by molar-refractivity contribution is -0.644. The van der Waals surface area contributed by atoms with Gasteiger partial charge in [-0.25, -0.2) is 4.57 Å². The molecule has 32 heavy (non-hydrogen) atoms. The summed E-state index contributed by atoms with van der Waals surface area (Å²) in [5.74, 6) is -0.577. The van der Waals surface area contributed by atoms with Crippen LogP contribution >= 0.6 is 11.3 Å². The van der Waals surface area contributed by atoms with E-state index >= 15 is 0 Å². The van der Waals surface area contributed by atoms with Crippen molar-refractivity contribution in [3.05, 3.63) is 64.7 Å². The van der Waals surface area contributed by atoms with E-state index in [1.807, 2.05) is 13.2 Å². The predicted molar refractivity (Wildman–Crippen MR) is 140 cm³/mol. The van der Waals surface area contributed by atoms with Gasteiger partial charge in [-0.15, -0.1) is 11.3 Å². The minimum Gasteiger partial charge on any atom is -0.200 e. The normalized spacial score (nSPS) is 20.4. The van der Waals surface area contributed by atoms with Gasteiger partial charge >= 0.3 is 0 Å². The molecule has 0 N–H and O–H groups in total. The Morgan fingerprint density at radius 3 is 2.53 bits per heavy atom. The fourth-order valence-corrected chi connectivity index (χ4v) is 6.83. The molecular formula is C30H32NS+. The molecule has 0 saturated heterocycles. The van der Waals surface area contributed by atoms with E-state index in [4.69, 9.17) is 4.11 Å². The summed E-state index contributed by atoms with van der Waals surface area (Å²) >= 11 is 1.72. The topological polar surface area (TPSA) is 3.88 Å². The zero-order valence-electron chi connectivity index (χ0n) is 23.3. The number of fused-ring (bicyclic) bond motifs is 8. The van der Waals surface area contributed by atoms with Gasteiger partial charge in [0.2, 0.25) is 5.52 Å². The zero-order valence-corrected chi connectivity index (χ0v) is 20.1. The van der Waals surface area contributed by atoms with Crippen molar-refractivity contribution in [2.75, 3.05) is 0 Å². The summed E-state index contributed by atoms with van der Waals surface area (Å²) in [4.78, 5) is 1.11. The lowest BCUT2D eigenvalue weighted by atomic mass is 9.73. The number of thiophene rings is 1. The lowest BCUT2D eigenvalue weighted by Crippen LogP contribution is -2.28. The average molecular weight is 443 g/mol. The molecule has 0 amide bonds. The van der Waals surface area contributed by atoms with E-state index < -0.39 is 12.7 Å². The molecule has 0 bridgehead atoms. The van der Waals surface area contributed by atoms with E-state index in [0.29, 0.717) is 11.0 Å². The maximum Gasteiger partial charge on any atom is 0.221 e. The summed E-state index contributed by atoms with van der Waals surface area (Å²) in [5.41, 5.74) is 2.79. The third kappa shape index (κ3) is 2.92. The summed E-state index contributed by atoms with van der Waals surface area (Å²) in [5, 5.41) is 6.23. The monoisotopic (exact) mass is 442 g/mol. The van der Waals surface area contributed by atoms with Crippen molar-refractivity contribution in [1.82, 2.24) is 0 Å². The van der Waals surface area contributed by atoms with Crippen LogP contribution in [0.3, 0.4) is 0 Å². The van der Waals surface area contributed by atoms with E-state index in [1.165, 1.54) is 0 Å². The average Bonchev–Trinajstić information content (AvgIpc) is 3.26. The van der Waals surface area contributed by atoms with E-state index in [9.17, 15) is 1.37 Å². The first-order valence-corrected chi connectivity index (χ1v) is 12.4. The number of benzene rings is 3. The first-order valence-electron chi connectivity index (χ1n) is 13.6. The number of aromatic nitrogens is 1. The number of nitrogens with zero attached hydrogens (tertiary/aromatic N) is 1. The molecule has 1 aliphatic carbocycles. The molecule has 2 aromatic heterocycles. The van der Waals surface area contributed by atoms with Gasteiger partial charge in [-0.1, -0.05) is 38.1 Å². The first-order chi connectivity index (χ1) is 16.9. The van der Waals surface area contributed by atoms with Gasteiger partial charge < -0.3 is 0 Å². The Kier molecular flexibility index (Phi) is 3.56. The summed E-state index contributed by atoms with van der Waals surface area (Å²) in [6, 6.07) is 14.7. The highest BCUT2D eigenvalue weighted by atomic mass is 32.1. The van der Waals surface area contributed by atoms with Crippen LogP contribution in [-0.2, 0) is 7.05 Å². The minimum atomic E-state index is -2.23. The highest BCUT2D eigenvalue weighted by Crippen LogP contribution is 2.47. The summed E-state index contributed by atoms with van der Waals surface area (Å²) in [6.45, 7) is 4.48.